The SMILES string of the molecule is Cc1cc(C(=O)C[NH+]2CCC(C)CC2)c(C)n1-c1ccc(Cl)c(C(F)(F)F)c1. The van der Waals surface area contributed by atoms with Crippen molar-refractivity contribution in [3.05, 3.63) is 51.8 Å². The summed E-state index contributed by atoms with van der Waals surface area (Å²) in [6.07, 6.45) is -2.30. The van der Waals surface area contributed by atoms with E-state index in [0.29, 0.717) is 29.4 Å². The molecule has 1 fully saturated rings. The van der Waals surface area contributed by atoms with Crippen molar-refractivity contribution in [3.63, 3.8) is 0 Å². The largest absolute Gasteiger partial charge is 0.417 e. The van der Waals surface area contributed by atoms with Crippen LogP contribution < -0.4 is 4.90 Å². The highest BCUT2D eigenvalue weighted by molar-refractivity contribution is 6.31. The van der Waals surface area contributed by atoms with Crippen molar-refractivity contribution in [1.29, 1.82) is 0 Å². The van der Waals surface area contributed by atoms with Crippen molar-refractivity contribution in [2.24, 2.45) is 5.92 Å². The van der Waals surface area contributed by atoms with Gasteiger partial charge in [0.2, 0.25) is 5.78 Å². The first kappa shape index (κ1) is 20.9. The summed E-state index contributed by atoms with van der Waals surface area (Å²) in [7, 11) is 0. The molecule has 0 unspecified atom stereocenters. The summed E-state index contributed by atoms with van der Waals surface area (Å²) < 4.78 is 41.3. The first-order chi connectivity index (χ1) is 13.1. The molecule has 1 aliphatic rings. The molecule has 1 aromatic heterocycles. The molecule has 0 spiro atoms. The fourth-order valence-corrected chi connectivity index (χ4v) is 4.21. The third kappa shape index (κ3) is 4.28. The van der Waals surface area contributed by atoms with Gasteiger partial charge >= 0.3 is 6.18 Å². The zero-order chi connectivity index (χ0) is 20.6. The zero-order valence-corrected chi connectivity index (χ0v) is 17.0. The number of nitrogens with zero attached hydrogens (tertiary/aromatic N) is 1. The van der Waals surface area contributed by atoms with Crippen molar-refractivity contribution in [3.8, 4) is 5.69 Å². The number of rotatable bonds is 4. The number of quaternary nitrogens is 1. The van der Waals surface area contributed by atoms with E-state index in [1.165, 1.54) is 11.0 Å². The summed E-state index contributed by atoms with van der Waals surface area (Å²) in [6.45, 7) is 8.19. The lowest BCUT2D eigenvalue weighted by Gasteiger charge is -2.26. The van der Waals surface area contributed by atoms with Gasteiger partial charge in [-0.2, -0.15) is 13.2 Å². The van der Waals surface area contributed by atoms with Gasteiger partial charge in [0.1, 0.15) is 6.54 Å². The predicted octanol–water partition coefficient (Wildman–Crippen LogP) is 4.26. The number of alkyl halides is 3. The van der Waals surface area contributed by atoms with E-state index >= 15 is 0 Å². The fraction of sp³-hybridized carbons (Fsp3) is 0.476. The number of ketones is 1. The van der Waals surface area contributed by atoms with Gasteiger partial charge in [-0.3, -0.25) is 4.79 Å². The maximum Gasteiger partial charge on any atom is 0.417 e. The topological polar surface area (TPSA) is 26.4 Å². The van der Waals surface area contributed by atoms with Crippen molar-refractivity contribution < 1.29 is 22.9 Å². The number of hydrogen-bond acceptors (Lipinski definition) is 1. The highest BCUT2D eigenvalue weighted by atomic mass is 35.5. The van der Waals surface area contributed by atoms with Crippen LogP contribution in [0.25, 0.3) is 5.69 Å². The molecule has 7 heteroatoms. The van der Waals surface area contributed by atoms with Crippen LogP contribution in [0.3, 0.4) is 0 Å². The normalized spacial score (nSPS) is 20.4. The Labute approximate surface area is 168 Å². The number of hydrogen-bond donors (Lipinski definition) is 1. The van der Waals surface area contributed by atoms with E-state index in [4.69, 9.17) is 11.6 Å². The molecule has 3 nitrogen and oxygen atoms in total. The Bertz CT molecular complexity index is 881. The summed E-state index contributed by atoms with van der Waals surface area (Å²) >= 11 is 5.74. The third-order valence-electron chi connectivity index (χ3n) is 5.64. The lowest BCUT2D eigenvalue weighted by atomic mass is 9.99. The lowest BCUT2D eigenvalue weighted by Crippen LogP contribution is -3.13. The van der Waals surface area contributed by atoms with Crippen LogP contribution >= 0.6 is 11.6 Å². The van der Waals surface area contributed by atoms with Crippen LogP contribution in [-0.2, 0) is 6.18 Å². The standard InChI is InChI=1S/C21H24ClF3N2O/c1-13-6-8-26(9-7-13)12-20(28)17-10-14(2)27(15(17)3)16-4-5-19(22)18(11-16)21(23,24)25/h4-5,10-11,13H,6-9,12H2,1-3H3/p+1. The van der Waals surface area contributed by atoms with Crippen LogP contribution in [-0.4, -0.2) is 30.0 Å². The molecule has 0 atom stereocenters. The molecule has 0 radical (unpaired) electrons. The number of likely N-dealkylation sites (tertiary alicyclic amines) is 1. The van der Waals surface area contributed by atoms with Crippen molar-refractivity contribution >= 4 is 17.4 Å². The van der Waals surface area contributed by atoms with Crippen molar-refractivity contribution in [2.45, 2.75) is 39.8 Å². The lowest BCUT2D eigenvalue weighted by molar-refractivity contribution is -0.897. The number of nitrogens with one attached hydrogen (secondary N) is 1. The molecule has 3 rings (SSSR count). The molecule has 0 amide bonds. The van der Waals surface area contributed by atoms with E-state index in [9.17, 15) is 18.0 Å². The molecule has 0 saturated carbocycles. The number of halogens is 4. The number of aromatic nitrogens is 1. The molecule has 0 aliphatic carbocycles. The van der Waals surface area contributed by atoms with Crippen LogP contribution in [0.1, 0.15) is 47.1 Å². The summed E-state index contributed by atoms with van der Waals surface area (Å²) in [5, 5.41) is -0.335. The first-order valence-electron chi connectivity index (χ1n) is 9.50. The molecule has 1 saturated heterocycles. The van der Waals surface area contributed by atoms with Gasteiger partial charge in [-0.15, -0.1) is 0 Å². The van der Waals surface area contributed by atoms with Gasteiger partial charge < -0.3 is 9.47 Å². The highest BCUT2D eigenvalue weighted by Gasteiger charge is 2.34. The number of carbonyl (C=O) groups excluding carboxylic acids is 1. The van der Waals surface area contributed by atoms with Crippen LogP contribution in [0.4, 0.5) is 13.2 Å². The second-order valence-corrected chi connectivity index (χ2v) is 8.22. The molecule has 1 aromatic carbocycles. The van der Waals surface area contributed by atoms with Crippen LogP contribution in [0, 0.1) is 19.8 Å². The van der Waals surface area contributed by atoms with Crippen molar-refractivity contribution in [2.75, 3.05) is 19.6 Å². The van der Waals surface area contributed by atoms with Crippen LogP contribution in [0.2, 0.25) is 5.02 Å². The minimum atomic E-state index is -4.53. The second-order valence-electron chi connectivity index (χ2n) is 7.81. The van der Waals surface area contributed by atoms with E-state index in [1.54, 1.807) is 30.5 Å². The summed E-state index contributed by atoms with van der Waals surface area (Å²) in [5.74, 6) is 0.741. The minimum Gasteiger partial charge on any atom is -0.328 e. The Morgan fingerprint density at radius 2 is 1.86 bits per heavy atom. The molecule has 1 aliphatic heterocycles. The van der Waals surface area contributed by atoms with Crippen LogP contribution in [0.5, 0.6) is 0 Å². The Balaban J connectivity index is 1.89. The first-order valence-corrected chi connectivity index (χ1v) is 9.88. The quantitative estimate of drug-likeness (QED) is 0.745. The number of carbonyl (C=O) groups is 1. The Morgan fingerprint density at radius 1 is 1.21 bits per heavy atom. The van der Waals surface area contributed by atoms with Gasteiger partial charge in [-0.25, -0.2) is 0 Å². The van der Waals surface area contributed by atoms with Crippen LogP contribution in [0.15, 0.2) is 24.3 Å². The molecule has 152 valence electrons. The van der Waals surface area contributed by atoms with E-state index in [0.717, 1.165) is 37.7 Å². The molecule has 2 aromatic rings. The average Bonchev–Trinajstić information content (AvgIpc) is 2.91. The summed E-state index contributed by atoms with van der Waals surface area (Å²) in [4.78, 5) is 14.1. The van der Waals surface area contributed by atoms with Gasteiger partial charge in [0, 0.05) is 22.6 Å². The van der Waals surface area contributed by atoms with E-state index in [2.05, 4.69) is 6.92 Å². The highest BCUT2D eigenvalue weighted by Crippen LogP contribution is 2.36. The van der Waals surface area contributed by atoms with Gasteiger partial charge in [-0.05, 0) is 56.9 Å². The summed E-state index contributed by atoms with van der Waals surface area (Å²) in [5.41, 5.74) is 1.43. The molecule has 2 heterocycles. The predicted molar refractivity (Wildman–Crippen MR) is 104 cm³/mol. The van der Waals surface area contributed by atoms with Gasteiger partial charge in [0.05, 0.1) is 23.7 Å². The third-order valence-corrected chi connectivity index (χ3v) is 5.97. The fourth-order valence-electron chi connectivity index (χ4n) is 3.98. The minimum absolute atomic E-state index is 0.0360. The Kier molecular flexibility index (Phi) is 5.92. The number of Topliss-reactive ketones (excluding diaryl/α,β-unsaturated/α-hetero) is 1. The Morgan fingerprint density at radius 3 is 2.46 bits per heavy atom. The van der Waals surface area contributed by atoms with Gasteiger partial charge in [0.15, 0.2) is 0 Å². The van der Waals surface area contributed by atoms with Gasteiger partial charge in [-0.1, -0.05) is 18.5 Å². The van der Waals surface area contributed by atoms with Gasteiger partial charge in [0.25, 0.3) is 0 Å². The van der Waals surface area contributed by atoms with E-state index in [1.807, 2.05) is 0 Å². The smallest absolute Gasteiger partial charge is 0.328 e. The monoisotopic (exact) mass is 413 g/mol. The van der Waals surface area contributed by atoms with E-state index < -0.39 is 11.7 Å². The maximum absolute atomic E-state index is 13.2. The maximum atomic E-state index is 13.2. The molecular formula is C21H25ClF3N2O+. The molecule has 1 N–H and O–H groups in total. The number of benzene rings is 1. The van der Waals surface area contributed by atoms with E-state index in [-0.39, 0.29) is 10.8 Å². The second kappa shape index (κ2) is 7.91. The Hall–Kier alpha value is -1.79. The van der Waals surface area contributed by atoms with Crippen molar-refractivity contribution in [1.82, 2.24) is 4.57 Å². The average molecular weight is 414 g/mol. The molecule has 0 bridgehead atoms. The molecular weight excluding hydrogens is 389 g/mol. The zero-order valence-electron chi connectivity index (χ0n) is 16.3. The molecule has 28 heavy (non-hydrogen) atoms. The number of piperidine rings is 1. The summed E-state index contributed by atoms with van der Waals surface area (Å²) in [6, 6.07) is 5.60. The number of aryl methyl sites for hydroxylation is 1.